The Bertz CT molecular complexity index is 1720. The summed E-state index contributed by atoms with van der Waals surface area (Å²) < 4.78 is 20.7. The van der Waals surface area contributed by atoms with Crippen LogP contribution in [0.2, 0.25) is 0 Å². The van der Waals surface area contributed by atoms with E-state index in [4.69, 9.17) is 24.7 Å². The third kappa shape index (κ3) is 20.2. The van der Waals surface area contributed by atoms with Crippen LogP contribution < -0.4 is 5.73 Å². The second-order valence-corrected chi connectivity index (χ2v) is 15.4. The van der Waals surface area contributed by atoms with Crippen LogP contribution in [0.1, 0.15) is 105 Å². The van der Waals surface area contributed by atoms with Gasteiger partial charge in [-0.2, -0.15) is 0 Å². The first kappa shape index (κ1) is 44.5. The minimum Gasteiger partial charge on any atom is -0.457 e. The van der Waals surface area contributed by atoms with Gasteiger partial charge in [0.15, 0.2) is 0 Å². The summed E-state index contributed by atoms with van der Waals surface area (Å²) in [6.07, 6.45) is 11.0. The summed E-state index contributed by atoms with van der Waals surface area (Å²) in [5.74, 6) is -1.98. The molecule has 0 unspecified atom stereocenters. The van der Waals surface area contributed by atoms with Crippen molar-refractivity contribution in [3.63, 3.8) is 0 Å². The van der Waals surface area contributed by atoms with Gasteiger partial charge >= 0.3 is 23.9 Å². The van der Waals surface area contributed by atoms with Crippen LogP contribution in [0.4, 0.5) is 11.4 Å². The quantitative estimate of drug-likeness (QED) is 0.0659. The number of nitrogen functional groups attached to an aromatic ring is 1. The van der Waals surface area contributed by atoms with Crippen molar-refractivity contribution in [3.8, 4) is 0 Å². The molecule has 0 saturated carbocycles. The first-order valence-electron chi connectivity index (χ1n) is 16.4. The molecule has 2 N–H and O–H groups in total. The van der Waals surface area contributed by atoms with E-state index >= 15 is 0 Å². The largest absolute Gasteiger partial charge is 0.457 e. The average molecular weight is 721 g/mol. The van der Waals surface area contributed by atoms with E-state index in [1.54, 1.807) is 98.7 Å². The Morgan fingerprint density at radius 2 is 0.846 bits per heavy atom. The van der Waals surface area contributed by atoms with Crippen LogP contribution in [0.5, 0.6) is 0 Å². The highest BCUT2D eigenvalue weighted by Crippen LogP contribution is 2.23. The van der Waals surface area contributed by atoms with Gasteiger partial charge in [0.05, 0.1) is 10.5 Å². The van der Waals surface area contributed by atoms with E-state index in [1.807, 2.05) is 20.8 Å². The van der Waals surface area contributed by atoms with E-state index in [0.29, 0.717) is 16.8 Å². The van der Waals surface area contributed by atoms with Crippen molar-refractivity contribution in [1.82, 2.24) is 0 Å². The van der Waals surface area contributed by atoms with Gasteiger partial charge in [0.2, 0.25) is 0 Å². The molecule has 0 saturated heterocycles. The summed E-state index contributed by atoms with van der Waals surface area (Å²) in [7, 11) is 0. The van der Waals surface area contributed by atoms with Crippen LogP contribution in [-0.2, 0) is 38.1 Å². The van der Waals surface area contributed by atoms with Crippen LogP contribution in [0.15, 0.2) is 60.7 Å². The average Bonchev–Trinajstić information content (AvgIpc) is 2.94. The number of hydrogen-bond acceptors (Lipinski definition) is 11. The van der Waals surface area contributed by atoms with Crippen molar-refractivity contribution in [2.75, 3.05) is 5.73 Å². The van der Waals surface area contributed by atoms with Gasteiger partial charge in [-0.15, -0.1) is 0 Å². The monoisotopic (exact) mass is 720 g/mol. The lowest BCUT2D eigenvalue weighted by atomic mass is 10.1. The number of nitrogens with zero attached hydrogens (tertiary/aromatic N) is 1. The zero-order valence-electron chi connectivity index (χ0n) is 32.2. The molecule has 282 valence electrons. The molecule has 0 bridgehead atoms. The predicted octanol–water partition coefficient (Wildman–Crippen LogP) is 8.28. The number of nitro benzene ring substituents is 1. The number of ether oxygens (including phenoxy) is 4. The Hall–Kier alpha value is -5.52. The standard InChI is InChI=1S/C20H25NO6.C20H27NO4/c1-19(2,3)26-17(22)11-8-14-7-9-15(16(13-14)21(24)25)10-12-18(23)27-20(4,5)6;1-19(2,3)24-17(22)11-8-14-7-9-15(16(21)13-14)10-12-18(23)25-20(4,5)6/h7-13H,1-6H3;7-13H,21H2,1-6H3/b2*11-8+,12-10+. The van der Waals surface area contributed by atoms with E-state index in [0.717, 1.165) is 11.6 Å². The van der Waals surface area contributed by atoms with Gasteiger partial charge in [0.1, 0.15) is 22.4 Å². The predicted molar refractivity (Wildman–Crippen MR) is 203 cm³/mol. The number of nitrogens with two attached hydrogens (primary N) is 1. The Morgan fingerprint density at radius 1 is 0.538 bits per heavy atom. The molecule has 2 aromatic rings. The molecule has 2 rings (SSSR count). The van der Waals surface area contributed by atoms with E-state index in [-0.39, 0.29) is 11.3 Å². The van der Waals surface area contributed by atoms with Gasteiger partial charge in [-0.05, 0) is 136 Å². The number of carbonyl (C=O) groups is 4. The van der Waals surface area contributed by atoms with Gasteiger partial charge in [-0.3, -0.25) is 10.1 Å². The molecule has 0 aliphatic heterocycles. The van der Waals surface area contributed by atoms with Crippen molar-refractivity contribution in [2.45, 2.75) is 105 Å². The minimum absolute atomic E-state index is 0.193. The minimum atomic E-state index is -0.649. The zero-order chi connectivity index (χ0) is 40.1. The molecular weight excluding hydrogens is 668 g/mol. The van der Waals surface area contributed by atoms with Crippen molar-refractivity contribution in [1.29, 1.82) is 0 Å². The lowest BCUT2D eigenvalue weighted by Crippen LogP contribution is -2.22. The van der Waals surface area contributed by atoms with Crippen LogP contribution in [-0.4, -0.2) is 51.2 Å². The van der Waals surface area contributed by atoms with E-state index in [2.05, 4.69) is 0 Å². The second-order valence-electron chi connectivity index (χ2n) is 15.4. The Labute approximate surface area is 306 Å². The van der Waals surface area contributed by atoms with Gasteiger partial charge in [-0.1, -0.05) is 18.2 Å². The van der Waals surface area contributed by atoms with Crippen LogP contribution >= 0.6 is 0 Å². The molecular formula is C40H52N2O10. The summed E-state index contributed by atoms with van der Waals surface area (Å²) >= 11 is 0. The molecule has 0 spiro atoms. The second kappa shape index (κ2) is 18.6. The van der Waals surface area contributed by atoms with E-state index < -0.39 is 51.2 Å². The lowest BCUT2D eigenvalue weighted by molar-refractivity contribution is -0.385. The molecule has 0 aromatic heterocycles. The Balaban J connectivity index is 0.000000522. The molecule has 0 radical (unpaired) electrons. The number of nitro groups is 1. The first-order valence-corrected chi connectivity index (χ1v) is 16.4. The highest BCUT2D eigenvalue weighted by atomic mass is 16.6. The molecule has 12 nitrogen and oxygen atoms in total. The molecule has 0 fully saturated rings. The highest BCUT2D eigenvalue weighted by molar-refractivity contribution is 5.90. The smallest absolute Gasteiger partial charge is 0.331 e. The fraction of sp³-hybridized carbons (Fsp3) is 0.400. The molecule has 0 aliphatic rings. The maximum atomic E-state index is 11.7. The lowest BCUT2D eigenvalue weighted by Gasteiger charge is -2.18. The third-order valence-electron chi connectivity index (χ3n) is 5.61. The van der Waals surface area contributed by atoms with Gasteiger partial charge in [0, 0.05) is 36.1 Å². The molecule has 0 aliphatic carbocycles. The first-order chi connectivity index (χ1) is 23.6. The van der Waals surface area contributed by atoms with Crippen LogP contribution in [0.3, 0.4) is 0 Å². The van der Waals surface area contributed by atoms with Gasteiger partial charge < -0.3 is 24.7 Å². The summed E-state index contributed by atoms with van der Waals surface area (Å²) in [6.45, 7) is 21.3. The molecule has 0 amide bonds. The van der Waals surface area contributed by atoms with E-state index in [9.17, 15) is 29.3 Å². The van der Waals surface area contributed by atoms with Crippen molar-refractivity contribution < 1.29 is 43.0 Å². The third-order valence-corrected chi connectivity index (χ3v) is 5.61. The molecule has 52 heavy (non-hydrogen) atoms. The van der Waals surface area contributed by atoms with E-state index in [1.165, 1.54) is 42.5 Å². The topological polar surface area (TPSA) is 174 Å². The number of anilines is 1. The van der Waals surface area contributed by atoms with Crippen molar-refractivity contribution in [3.05, 3.63) is 93.1 Å². The van der Waals surface area contributed by atoms with Crippen molar-refractivity contribution >= 4 is 59.6 Å². The normalized spacial score (nSPS) is 12.5. The molecule has 12 heteroatoms. The number of esters is 4. The van der Waals surface area contributed by atoms with Crippen LogP contribution in [0.25, 0.3) is 24.3 Å². The molecule has 2 aromatic carbocycles. The fourth-order valence-electron chi connectivity index (χ4n) is 3.80. The van der Waals surface area contributed by atoms with Crippen LogP contribution in [0, 0.1) is 10.1 Å². The number of rotatable bonds is 9. The highest BCUT2D eigenvalue weighted by Gasteiger charge is 2.18. The fourth-order valence-corrected chi connectivity index (χ4v) is 3.80. The Kier molecular flexibility index (Phi) is 16.0. The zero-order valence-corrected chi connectivity index (χ0v) is 32.2. The summed E-state index contributed by atoms with van der Waals surface area (Å²) in [5, 5.41) is 11.3. The van der Waals surface area contributed by atoms with Gasteiger partial charge in [-0.25, -0.2) is 19.2 Å². The number of hydrogen-bond donors (Lipinski definition) is 1. The summed E-state index contributed by atoms with van der Waals surface area (Å²) in [4.78, 5) is 57.6. The van der Waals surface area contributed by atoms with Gasteiger partial charge in [0.25, 0.3) is 5.69 Å². The summed E-state index contributed by atoms with van der Waals surface area (Å²) in [6, 6.07) is 9.69. The maximum Gasteiger partial charge on any atom is 0.331 e. The molecule has 0 heterocycles. The summed E-state index contributed by atoms with van der Waals surface area (Å²) in [5.41, 5.74) is 6.12. The number of benzene rings is 2. The Morgan fingerprint density at radius 3 is 1.17 bits per heavy atom. The number of carbonyl (C=O) groups excluding carboxylic acids is 4. The van der Waals surface area contributed by atoms with Crippen molar-refractivity contribution in [2.24, 2.45) is 0 Å². The maximum absolute atomic E-state index is 11.7. The molecule has 0 atom stereocenters. The SMILES string of the molecule is CC(C)(C)OC(=O)/C=C/c1ccc(/C=C/C(=O)OC(C)(C)C)c(N)c1.CC(C)(C)OC(=O)/C=C/c1ccc(/C=C/C(=O)OC(C)(C)C)c([N+](=O)[O-])c1.